The van der Waals surface area contributed by atoms with E-state index in [1.165, 1.54) is 4.90 Å². The first-order valence-corrected chi connectivity index (χ1v) is 14.4. The zero-order valence-corrected chi connectivity index (χ0v) is 24.5. The Kier molecular flexibility index (Phi) is 6.96. The molecular weight excluding hydrogens is 528 g/mol. The first kappa shape index (κ1) is 27.5. The number of piperidine rings is 1. The predicted octanol–water partition coefficient (Wildman–Crippen LogP) is 6.02. The molecule has 4 heterocycles. The Labute approximate surface area is 245 Å². The van der Waals surface area contributed by atoms with Crippen molar-refractivity contribution in [2.75, 3.05) is 13.1 Å². The molecule has 5 aromatic rings. The van der Waals surface area contributed by atoms with Gasteiger partial charge in [-0.2, -0.15) is 0 Å². The van der Waals surface area contributed by atoms with Crippen molar-refractivity contribution in [2.45, 2.75) is 51.7 Å². The Morgan fingerprint density at radius 2 is 1.86 bits per heavy atom. The number of likely N-dealkylation sites (tertiary alicyclic amines) is 1. The highest BCUT2D eigenvalue weighted by atomic mass is 16.4. The molecule has 2 amide bonds. The van der Waals surface area contributed by atoms with Crippen LogP contribution < -0.4 is 0 Å². The Hall–Kier alpha value is -4.66. The lowest BCUT2D eigenvalue weighted by molar-refractivity contribution is 0.0315. The van der Waals surface area contributed by atoms with Crippen molar-refractivity contribution in [3.63, 3.8) is 0 Å². The molecule has 0 spiro atoms. The normalized spacial score (nSPS) is 15.8. The van der Waals surface area contributed by atoms with Crippen LogP contribution in [0, 0.1) is 0 Å². The second-order valence-corrected chi connectivity index (χ2v) is 12.1. The minimum absolute atomic E-state index is 0.0984. The fraction of sp³-hybridized carbons (Fsp3) is 0.333. The van der Waals surface area contributed by atoms with Crippen molar-refractivity contribution < 1.29 is 14.7 Å². The molecule has 216 valence electrons. The van der Waals surface area contributed by atoms with E-state index in [1.54, 1.807) is 11.1 Å². The van der Waals surface area contributed by atoms with E-state index >= 15 is 0 Å². The molecule has 0 bridgehead atoms. The number of aryl methyl sites for hydroxylation is 1. The van der Waals surface area contributed by atoms with Gasteiger partial charge >= 0.3 is 6.09 Å². The number of hydrogen-bond donors (Lipinski definition) is 1. The van der Waals surface area contributed by atoms with Gasteiger partial charge in [0.25, 0.3) is 5.91 Å². The number of rotatable bonds is 5. The van der Waals surface area contributed by atoms with Crippen LogP contribution in [0.1, 0.15) is 49.5 Å². The lowest BCUT2D eigenvalue weighted by Crippen LogP contribution is -2.57. The summed E-state index contributed by atoms with van der Waals surface area (Å²) >= 11 is 0. The number of benzene rings is 2. The number of aromatic nitrogens is 4. The summed E-state index contributed by atoms with van der Waals surface area (Å²) in [5.41, 5.74) is 4.88. The van der Waals surface area contributed by atoms with Crippen molar-refractivity contribution in [2.24, 2.45) is 7.05 Å². The van der Waals surface area contributed by atoms with Crippen LogP contribution in [0.4, 0.5) is 4.79 Å². The van der Waals surface area contributed by atoms with Gasteiger partial charge in [0, 0.05) is 61.1 Å². The van der Waals surface area contributed by atoms with Crippen LogP contribution in [-0.4, -0.2) is 70.7 Å². The third kappa shape index (κ3) is 5.00. The van der Waals surface area contributed by atoms with E-state index in [4.69, 9.17) is 4.98 Å². The zero-order valence-electron chi connectivity index (χ0n) is 24.5. The Morgan fingerprint density at radius 1 is 1.05 bits per heavy atom. The van der Waals surface area contributed by atoms with E-state index in [9.17, 15) is 14.7 Å². The van der Waals surface area contributed by atoms with Crippen LogP contribution in [0.2, 0.25) is 0 Å². The summed E-state index contributed by atoms with van der Waals surface area (Å²) in [6.45, 7) is 7.32. The molecular formula is C33H36N6O3. The largest absolute Gasteiger partial charge is 0.465 e. The number of carbonyl (C=O) groups excluding carboxylic acids is 1. The van der Waals surface area contributed by atoms with Gasteiger partial charge in [0.15, 0.2) is 5.82 Å². The molecule has 1 N–H and O–H groups in total. The van der Waals surface area contributed by atoms with Gasteiger partial charge in [0.05, 0.1) is 22.8 Å². The maximum atomic E-state index is 13.7. The van der Waals surface area contributed by atoms with Gasteiger partial charge in [-0.3, -0.25) is 14.7 Å². The number of hydrogen-bond acceptors (Lipinski definition) is 4. The highest BCUT2D eigenvalue weighted by Crippen LogP contribution is 2.31. The Morgan fingerprint density at radius 3 is 2.60 bits per heavy atom. The smallest absolute Gasteiger partial charge is 0.408 e. The average molecular weight is 565 g/mol. The first-order chi connectivity index (χ1) is 20.1. The molecule has 0 saturated carbocycles. The monoisotopic (exact) mass is 564 g/mol. The minimum atomic E-state index is -0.954. The molecule has 3 aromatic heterocycles. The summed E-state index contributed by atoms with van der Waals surface area (Å²) in [6, 6.07) is 19.9. The third-order valence-corrected chi connectivity index (χ3v) is 8.21. The maximum absolute atomic E-state index is 13.7. The molecule has 6 rings (SSSR count). The lowest BCUT2D eigenvalue weighted by Gasteiger charge is -2.44. The second kappa shape index (κ2) is 10.6. The van der Waals surface area contributed by atoms with Crippen molar-refractivity contribution in [3.05, 3.63) is 84.2 Å². The van der Waals surface area contributed by atoms with Crippen molar-refractivity contribution in [3.8, 4) is 11.5 Å². The SMILES string of the molecule is Cn1c(-c2cc3ccccc3n2Cc2cccnc2)nc2cc(C(=O)N3CCC[C@@H](N(C(=O)O)C(C)(C)C)C3)ccc21. The van der Waals surface area contributed by atoms with Crippen LogP contribution in [0.25, 0.3) is 33.5 Å². The van der Waals surface area contributed by atoms with Crippen molar-refractivity contribution in [1.29, 1.82) is 0 Å². The van der Waals surface area contributed by atoms with Crippen LogP contribution >= 0.6 is 0 Å². The molecule has 2 aromatic carbocycles. The topological polar surface area (TPSA) is 96.5 Å². The van der Waals surface area contributed by atoms with Gasteiger partial charge in [0.2, 0.25) is 0 Å². The Balaban J connectivity index is 1.34. The van der Waals surface area contributed by atoms with E-state index in [-0.39, 0.29) is 11.9 Å². The lowest BCUT2D eigenvalue weighted by atomic mass is 9.97. The minimum Gasteiger partial charge on any atom is -0.465 e. The van der Waals surface area contributed by atoms with Crippen LogP contribution in [0.5, 0.6) is 0 Å². The number of carbonyl (C=O) groups is 2. The molecule has 9 nitrogen and oxygen atoms in total. The summed E-state index contributed by atoms with van der Waals surface area (Å²) in [6.07, 6.45) is 4.20. The van der Waals surface area contributed by atoms with E-state index in [2.05, 4.69) is 38.4 Å². The van der Waals surface area contributed by atoms with E-state index in [0.29, 0.717) is 25.2 Å². The van der Waals surface area contributed by atoms with Gasteiger partial charge in [-0.1, -0.05) is 24.3 Å². The Bertz CT molecular complexity index is 1780. The zero-order chi connectivity index (χ0) is 29.6. The van der Waals surface area contributed by atoms with E-state index < -0.39 is 11.6 Å². The third-order valence-electron chi connectivity index (χ3n) is 8.21. The highest BCUT2D eigenvalue weighted by Gasteiger charge is 2.37. The molecule has 0 aliphatic carbocycles. The van der Waals surface area contributed by atoms with Gasteiger partial charge in [-0.05, 0) is 75.6 Å². The number of imidazole rings is 1. The number of fused-ring (bicyclic) bond motifs is 2. The average Bonchev–Trinajstić information content (AvgIpc) is 3.49. The van der Waals surface area contributed by atoms with Crippen LogP contribution in [0.15, 0.2) is 73.1 Å². The number of amides is 2. The summed E-state index contributed by atoms with van der Waals surface area (Å²) in [5, 5.41) is 11.0. The summed E-state index contributed by atoms with van der Waals surface area (Å²) < 4.78 is 4.33. The fourth-order valence-corrected chi connectivity index (χ4v) is 6.33. The summed E-state index contributed by atoms with van der Waals surface area (Å²) in [5.74, 6) is 0.716. The van der Waals surface area contributed by atoms with Crippen molar-refractivity contribution in [1.82, 2.24) is 28.9 Å². The summed E-state index contributed by atoms with van der Waals surface area (Å²) in [4.78, 5) is 38.4. The van der Waals surface area contributed by atoms with Crippen LogP contribution in [0.3, 0.4) is 0 Å². The maximum Gasteiger partial charge on any atom is 0.408 e. The standard InChI is InChI=1S/C33H36N6O3/c1-33(2,3)39(32(41)42)25-11-8-16-37(21-25)31(40)24-13-14-28-26(17-24)35-30(36(28)4)29-18-23-10-5-6-12-27(23)38(29)20-22-9-7-15-34-19-22/h5-7,9-10,12-15,17-19,25H,8,11,16,20-21H2,1-4H3,(H,41,42)/t25-/m1/s1. The molecule has 0 radical (unpaired) electrons. The second-order valence-electron chi connectivity index (χ2n) is 12.1. The highest BCUT2D eigenvalue weighted by molar-refractivity contribution is 5.98. The van der Waals surface area contributed by atoms with Gasteiger partial charge < -0.3 is 19.1 Å². The predicted molar refractivity (Wildman–Crippen MR) is 164 cm³/mol. The quantitative estimate of drug-likeness (QED) is 0.282. The first-order valence-electron chi connectivity index (χ1n) is 14.4. The molecule has 0 unspecified atom stereocenters. The van der Waals surface area contributed by atoms with Crippen molar-refractivity contribution >= 4 is 33.9 Å². The summed E-state index contributed by atoms with van der Waals surface area (Å²) in [7, 11) is 2.00. The van der Waals surface area contributed by atoms with E-state index in [1.807, 2.05) is 70.4 Å². The van der Waals surface area contributed by atoms with Gasteiger partial charge in [-0.15, -0.1) is 0 Å². The van der Waals surface area contributed by atoms with Gasteiger partial charge in [-0.25, -0.2) is 9.78 Å². The number of para-hydroxylation sites is 1. The molecule has 9 heteroatoms. The number of carboxylic acid groups (broad SMARTS) is 1. The van der Waals surface area contributed by atoms with Crippen LogP contribution in [-0.2, 0) is 13.6 Å². The fourth-order valence-electron chi connectivity index (χ4n) is 6.33. The van der Waals surface area contributed by atoms with E-state index in [0.717, 1.165) is 51.9 Å². The molecule has 42 heavy (non-hydrogen) atoms. The molecule has 1 saturated heterocycles. The molecule has 1 aliphatic heterocycles. The number of nitrogens with zero attached hydrogens (tertiary/aromatic N) is 6. The molecule has 1 aliphatic rings. The van der Waals surface area contributed by atoms with Gasteiger partial charge in [0.1, 0.15) is 0 Å². The number of pyridine rings is 1. The molecule has 1 atom stereocenters. The molecule has 1 fully saturated rings.